The van der Waals surface area contributed by atoms with E-state index in [2.05, 4.69) is 67.6 Å². The molecule has 0 saturated carbocycles. The predicted molar refractivity (Wildman–Crippen MR) is 115 cm³/mol. The highest BCUT2D eigenvalue weighted by atomic mass is 127. The van der Waals surface area contributed by atoms with Crippen molar-refractivity contribution in [1.82, 2.24) is 4.57 Å². The number of hydrogen-bond donors (Lipinski definition) is 1. The number of rotatable bonds is 4. The summed E-state index contributed by atoms with van der Waals surface area (Å²) in [4.78, 5) is 12.2. The second-order valence-corrected chi connectivity index (χ2v) is 8.38. The minimum absolute atomic E-state index is 0.302. The number of fused-ring (bicyclic) bond motifs is 1. The summed E-state index contributed by atoms with van der Waals surface area (Å²) in [6.45, 7) is 6.23. The first-order valence-electron chi connectivity index (χ1n) is 8.77. The number of hydrogen-bond acceptors (Lipinski definition) is 2. The Morgan fingerprint density at radius 1 is 1.26 bits per heavy atom. The normalized spacial score (nSPS) is 11.6. The van der Waals surface area contributed by atoms with Gasteiger partial charge in [0.15, 0.2) is 0 Å². The van der Waals surface area contributed by atoms with Gasteiger partial charge in [0.05, 0.1) is 22.7 Å². The number of benzene rings is 2. The van der Waals surface area contributed by atoms with Gasteiger partial charge in [0.25, 0.3) is 0 Å². The van der Waals surface area contributed by atoms with E-state index in [9.17, 15) is 15.2 Å². The number of carboxylic acids is 1. The molecule has 1 heterocycles. The van der Waals surface area contributed by atoms with Gasteiger partial charge in [-0.2, -0.15) is 5.26 Å². The van der Waals surface area contributed by atoms with Crippen LogP contribution in [0.5, 0.6) is 0 Å². The molecule has 0 fully saturated rings. The van der Waals surface area contributed by atoms with E-state index < -0.39 is 11.4 Å². The van der Waals surface area contributed by atoms with Gasteiger partial charge in [0.1, 0.15) is 0 Å². The number of carboxylic acid groups (broad SMARTS) is 1. The van der Waals surface area contributed by atoms with Gasteiger partial charge < -0.3 is 9.67 Å². The topological polar surface area (TPSA) is 66.0 Å². The summed E-state index contributed by atoms with van der Waals surface area (Å²) < 4.78 is 3.10. The standard InChI is InChI=1S/C22H21IN2O2/c1-5-14-7-8-15(11-17(14)23)22(2,3)20-19(21(26)27)16-9-6-13(12-24)10-18(16)25(20)4/h6-11H,5H2,1-4H3,(H,26,27). The molecule has 138 valence electrons. The lowest BCUT2D eigenvalue weighted by atomic mass is 9.79. The first-order chi connectivity index (χ1) is 12.7. The summed E-state index contributed by atoms with van der Waals surface area (Å²) in [6.07, 6.45) is 0.963. The van der Waals surface area contributed by atoms with Crippen molar-refractivity contribution < 1.29 is 9.90 Å². The molecular weight excluding hydrogens is 451 g/mol. The Kier molecular flexibility index (Phi) is 5.04. The molecule has 4 nitrogen and oxygen atoms in total. The lowest BCUT2D eigenvalue weighted by Gasteiger charge is -2.28. The molecule has 0 unspecified atom stereocenters. The van der Waals surface area contributed by atoms with Crippen molar-refractivity contribution in [1.29, 1.82) is 5.26 Å². The average Bonchev–Trinajstić information content (AvgIpc) is 2.94. The molecule has 0 saturated heterocycles. The molecule has 3 rings (SSSR count). The van der Waals surface area contributed by atoms with E-state index in [0.717, 1.165) is 23.2 Å². The molecule has 0 bridgehead atoms. The fourth-order valence-electron chi connectivity index (χ4n) is 3.81. The van der Waals surface area contributed by atoms with Crippen molar-refractivity contribution in [2.45, 2.75) is 32.6 Å². The average molecular weight is 472 g/mol. The number of halogens is 1. The maximum atomic E-state index is 12.2. The van der Waals surface area contributed by atoms with Crippen molar-refractivity contribution in [2.75, 3.05) is 0 Å². The van der Waals surface area contributed by atoms with Crippen LogP contribution in [0.15, 0.2) is 36.4 Å². The molecule has 27 heavy (non-hydrogen) atoms. The van der Waals surface area contributed by atoms with Gasteiger partial charge in [0, 0.05) is 27.1 Å². The number of aromatic nitrogens is 1. The minimum atomic E-state index is -0.951. The molecule has 0 spiro atoms. The summed E-state index contributed by atoms with van der Waals surface area (Å²) in [7, 11) is 1.87. The summed E-state index contributed by atoms with van der Waals surface area (Å²) in [5.74, 6) is -0.951. The zero-order chi connectivity index (χ0) is 19.9. The Balaban J connectivity index is 2.33. The van der Waals surface area contributed by atoms with Crippen LogP contribution in [0.25, 0.3) is 10.9 Å². The Bertz CT molecular complexity index is 1100. The van der Waals surface area contributed by atoms with Gasteiger partial charge in [-0.3, -0.25) is 0 Å². The monoisotopic (exact) mass is 472 g/mol. The Morgan fingerprint density at radius 2 is 1.96 bits per heavy atom. The number of aryl methyl sites for hydroxylation is 2. The van der Waals surface area contributed by atoms with Crippen molar-refractivity contribution in [3.05, 3.63) is 67.9 Å². The molecule has 0 aliphatic carbocycles. The number of nitriles is 1. The van der Waals surface area contributed by atoms with E-state index in [1.165, 1.54) is 9.13 Å². The lowest BCUT2D eigenvalue weighted by Crippen LogP contribution is -2.25. The minimum Gasteiger partial charge on any atom is -0.478 e. The summed E-state index contributed by atoms with van der Waals surface area (Å²) in [6, 6.07) is 13.6. The van der Waals surface area contributed by atoms with Crippen molar-refractivity contribution in [3.8, 4) is 6.07 Å². The van der Waals surface area contributed by atoms with E-state index in [-0.39, 0.29) is 0 Å². The van der Waals surface area contributed by atoms with Crippen LogP contribution in [0.3, 0.4) is 0 Å². The van der Waals surface area contributed by atoms with E-state index in [0.29, 0.717) is 16.5 Å². The summed E-state index contributed by atoms with van der Waals surface area (Å²) in [5.41, 5.74) is 4.15. The fraction of sp³-hybridized carbons (Fsp3) is 0.273. The molecule has 0 aliphatic rings. The Morgan fingerprint density at radius 3 is 2.52 bits per heavy atom. The van der Waals surface area contributed by atoms with Crippen LogP contribution < -0.4 is 0 Å². The molecule has 3 aromatic rings. The Hall–Kier alpha value is -2.33. The fourth-order valence-corrected chi connectivity index (χ4v) is 4.71. The van der Waals surface area contributed by atoms with Crippen LogP contribution in [0.1, 0.15) is 53.5 Å². The number of carbonyl (C=O) groups is 1. The number of aromatic carboxylic acids is 1. The van der Waals surface area contributed by atoms with Gasteiger partial charge >= 0.3 is 5.97 Å². The van der Waals surface area contributed by atoms with Crippen LogP contribution in [0.4, 0.5) is 0 Å². The number of nitrogens with zero attached hydrogens (tertiary/aromatic N) is 2. The van der Waals surface area contributed by atoms with Gasteiger partial charge in [0.2, 0.25) is 0 Å². The predicted octanol–water partition coefficient (Wildman–Crippen LogP) is 5.24. The Labute approximate surface area is 172 Å². The largest absolute Gasteiger partial charge is 0.478 e. The van der Waals surface area contributed by atoms with Crippen LogP contribution in [-0.4, -0.2) is 15.6 Å². The van der Waals surface area contributed by atoms with Crippen molar-refractivity contribution in [2.24, 2.45) is 7.05 Å². The first kappa shape index (κ1) is 19.4. The first-order valence-corrected chi connectivity index (χ1v) is 9.85. The summed E-state index contributed by atoms with van der Waals surface area (Å²) >= 11 is 2.34. The molecule has 0 atom stereocenters. The molecule has 5 heteroatoms. The zero-order valence-corrected chi connectivity index (χ0v) is 18.0. The van der Waals surface area contributed by atoms with Crippen LogP contribution in [0.2, 0.25) is 0 Å². The third kappa shape index (κ3) is 3.12. The second-order valence-electron chi connectivity index (χ2n) is 7.22. The molecule has 0 radical (unpaired) electrons. The third-order valence-electron chi connectivity index (χ3n) is 5.29. The van der Waals surface area contributed by atoms with Crippen LogP contribution in [0, 0.1) is 14.9 Å². The molecular formula is C22H21IN2O2. The molecule has 0 aliphatic heterocycles. The smallest absolute Gasteiger partial charge is 0.338 e. The maximum absolute atomic E-state index is 12.2. The van der Waals surface area contributed by atoms with Gasteiger partial charge in [-0.1, -0.05) is 39.0 Å². The quantitative estimate of drug-likeness (QED) is 0.529. The van der Waals surface area contributed by atoms with E-state index in [1.807, 2.05) is 11.6 Å². The van der Waals surface area contributed by atoms with E-state index >= 15 is 0 Å². The highest BCUT2D eigenvalue weighted by Crippen LogP contribution is 2.39. The van der Waals surface area contributed by atoms with Crippen molar-refractivity contribution >= 4 is 39.5 Å². The SMILES string of the molecule is CCc1ccc(C(C)(C)c2c(C(=O)O)c3ccc(C#N)cc3n2C)cc1I. The van der Waals surface area contributed by atoms with E-state index in [4.69, 9.17) is 0 Å². The van der Waals surface area contributed by atoms with Crippen LogP contribution >= 0.6 is 22.6 Å². The van der Waals surface area contributed by atoms with Gasteiger partial charge in [-0.25, -0.2) is 4.79 Å². The van der Waals surface area contributed by atoms with E-state index in [1.54, 1.807) is 18.2 Å². The zero-order valence-electron chi connectivity index (χ0n) is 15.8. The highest BCUT2D eigenvalue weighted by molar-refractivity contribution is 14.1. The molecule has 1 N–H and O–H groups in total. The second kappa shape index (κ2) is 7.01. The van der Waals surface area contributed by atoms with Gasteiger partial charge in [-0.15, -0.1) is 0 Å². The van der Waals surface area contributed by atoms with Crippen molar-refractivity contribution in [3.63, 3.8) is 0 Å². The molecule has 2 aromatic carbocycles. The van der Waals surface area contributed by atoms with Crippen LogP contribution in [-0.2, 0) is 18.9 Å². The summed E-state index contributed by atoms with van der Waals surface area (Å²) in [5, 5.41) is 19.8. The highest BCUT2D eigenvalue weighted by Gasteiger charge is 2.34. The lowest BCUT2D eigenvalue weighted by molar-refractivity contribution is 0.0696. The molecule has 1 aromatic heterocycles. The van der Waals surface area contributed by atoms with Gasteiger partial charge in [-0.05, 0) is 58.3 Å². The maximum Gasteiger partial charge on any atom is 0.338 e. The molecule has 0 amide bonds. The third-order valence-corrected chi connectivity index (χ3v) is 6.30.